The number of thioether (sulfide) groups is 1. The summed E-state index contributed by atoms with van der Waals surface area (Å²) in [6.45, 7) is 3.92. The number of aromatic nitrogens is 3. The Morgan fingerprint density at radius 2 is 1.78 bits per heavy atom. The lowest BCUT2D eigenvalue weighted by atomic mass is 10.1. The van der Waals surface area contributed by atoms with Gasteiger partial charge in [0.15, 0.2) is 5.16 Å². The van der Waals surface area contributed by atoms with Gasteiger partial charge in [0.25, 0.3) is 5.69 Å². The lowest BCUT2D eigenvalue weighted by Crippen LogP contribution is -2.18. The minimum atomic E-state index is -0.505. The molecule has 0 aliphatic carbocycles. The molecule has 2 amide bonds. The standard InChI is InChI=1S/C21H22N6O4S/c1-13-4-9-17(14(2)10-13)23-19(28)11-18-24-25-21(26(18)3)32-12-20(29)22-15-5-7-16(8-6-15)27(30)31/h4-10H,11-12H2,1-3H3,(H,22,29)(H,23,28). The number of non-ortho nitro benzene ring substituents is 1. The van der Waals surface area contributed by atoms with E-state index in [9.17, 15) is 19.7 Å². The highest BCUT2D eigenvalue weighted by Crippen LogP contribution is 2.19. The van der Waals surface area contributed by atoms with Crippen LogP contribution in [0.15, 0.2) is 47.6 Å². The summed E-state index contributed by atoms with van der Waals surface area (Å²) < 4.78 is 1.67. The fourth-order valence-electron chi connectivity index (χ4n) is 2.91. The van der Waals surface area contributed by atoms with Gasteiger partial charge in [-0.1, -0.05) is 29.5 Å². The molecule has 2 N–H and O–H groups in total. The number of carbonyl (C=O) groups excluding carboxylic acids is 2. The number of nitrogens with one attached hydrogen (secondary N) is 2. The van der Waals surface area contributed by atoms with Crippen LogP contribution in [0.3, 0.4) is 0 Å². The fraction of sp³-hybridized carbons (Fsp3) is 0.238. The summed E-state index contributed by atoms with van der Waals surface area (Å²) in [6, 6.07) is 11.4. The molecule has 0 aliphatic rings. The van der Waals surface area contributed by atoms with Crippen molar-refractivity contribution in [2.45, 2.75) is 25.4 Å². The van der Waals surface area contributed by atoms with Crippen LogP contribution in [0.5, 0.6) is 0 Å². The molecule has 0 spiro atoms. The van der Waals surface area contributed by atoms with Crippen LogP contribution in [0.25, 0.3) is 0 Å². The second-order valence-corrected chi connectivity index (χ2v) is 8.08. The molecule has 0 unspecified atom stereocenters. The first-order valence-electron chi connectivity index (χ1n) is 9.65. The van der Waals surface area contributed by atoms with Crippen LogP contribution in [-0.2, 0) is 23.1 Å². The highest BCUT2D eigenvalue weighted by molar-refractivity contribution is 7.99. The quantitative estimate of drug-likeness (QED) is 0.303. The topological polar surface area (TPSA) is 132 Å². The van der Waals surface area contributed by atoms with E-state index in [1.54, 1.807) is 11.6 Å². The summed E-state index contributed by atoms with van der Waals surface area (Å²) >= 11 is 1.18. The number of hydrogen-bond donors (Lipinski definition) is 2. The average molecular weight is 455 g/mol. The van der Waals surface area contributed by atoms with Gasteiger partial charge in [0.2, 0.25) is 11.8 Å². The zero-order valence-corrected chi connectivity index (χ0v) is 18.6. The molecule has 32 heavy (non-hydrogen) atoms. The SMILES string of the molecule is Cc1ccc(NC(=O)Cc2nnc(SCC(=O)Nc3ccc([N+](=O)[O-])cc3)n2C)c(C)c1. The molecule has 3 rings (SSSR count). The molecule has 0 saturated heterocycles. The van der Waals surface area contributed by atoms with Crippen molar-refractivity contribution >= 4 is 40.6 Å². The molecule has 0 aliphatic heterocycles. The lowest BCUT2D eigenvalue weighted by Gasteiger charge is -2.09. The van der Waals surface area contributed by atoms with Gasteiger partial charge in [-0.25, -0.2) is 0 Å². The van der Waals surface area contributed by atoms with Gasteiger partial charge < -0.3 is 15.2 Å². The Hall–Kier alpha value is -3.73. The number of nitro groups is 1. The molecule has 3 aromatic rings. The second kappa shape index (κ2) is 10.1. The number of nitrogens with zero attached hydrogens (tertiary/aromatic N) is 4. The van der Waals surface area contributed by atoms with Gasteiger partial charge in [0.1, 0.15) is 5.82 Å². The zero-order valence-electron chi connectivity index (χ0n) is 17.8. The highest BCUT2D eigenvalue weighted by Gasteiger charge is 2.15. The average Bonchev–Trinajstić information content (AvgIpc) is 3.08. The van der Waals surface area contributed by atoms with Crippen molar-refractivity contribution < 1.29 is 14.5 Å². The maximum atomic E-state index is 12.4. The van der Waals surface area contributed by atoms with E-state index in [0.717, 1.165) is 16.8 Å². The number of amides is 2. The van der Waals surface area contributed by atoms with Crippen molar-refractivity contribution in [2.75, 3.05) is 16.4 Å². The third kappa shape index (κ3) is 5.91. The molecule has 0 radical (unpaired) electrons. The fourth-order valence-corrected chi connectivity index (χ4v) is 3.64. The Kier molecular flexibility index (Phi) is 7.21. The molecule has 0 atom stereocenters. The van der Waals surface area contributed by atoms with Crippen LogP contribution in [0.1, 0.15) is 17.0 Å². The third-order valence-electron chi connectivity index (χ3n) is 4.59. The van der Waals surface area contributed by atoms with Crippen molar-refractivity contribution in [3.8, 4) is 0 Å². The van der Waals surface area contributed by atoms with Gasteiger partial charge in [0.05, 0.1) is 17.1 Å². The number of rotatable bonds is 8. The normalized spacial score (nSPS) is 10.6. The molecule has 1 heterocycles. The molecule has 0 bridgehead atoms. The lowest BCUT2D eigenvalue weighted by molar-refractivity contribution is -0.384. The summed E-state index contributed by atoms with van der Waals surface area (Å²) in [5.74, 6) is 0.0454. The van der Waals surface area contributed by atoms with Gasteiger partial charge in [0, 0.05) is 30.6 Å². The smallest absolute Gasteiger partial charge is 0.269 e. The van der Waals surface area contributed by atoms with Gasteiger partial charge in [-0.05, 0) is 37.6 Å². The van der Waals surface area contributed by atoms with Gasteiger partial charge >= 0.3 is 0 Å². The predicted molar refractivity (Wildman–Crippen MR) is 122 cm³/mol. The Balaban J connectivity index is 1.53. The van der Waals surface area contributed by atoms with Gasteiger partial charge in [-0.3, -0.25) is 19.7 Å². The van der Waals surface area contributed by atoms with E-state index in [1.807, 2.05) is 32.0 Å². The van der Waals surface area contributed by atoms with E-state index in [-0.39, 0.29) is 29.7 Å². The largest absolute Gasteiger partial charge is 0.325 e. The first kappa shape index (κ1) is 22.9. The van der Waals surface area contributed by atoms with Crippen LogP contribution < -0.4 is 10.6 Å². The molecule has 0 fully saturated rings. The van der Waals surface area contributed by atoms with Crippen LogP contribution in [-0.4, -0.2) is 37.3 Å². The van der Waals surface area contributed by atoms with Crippen LogP contribution >= 0.6 is 11.8 Å². The Morgan fingerprint density at radius 1 is 1.06 bits per heavy atom. The molecule has 1 aromatic heterocycles. The molecule has 0 saturated carbocycles. The second-order valence-electron chi connectivity index (χ2n) is 7.14. The minimum Gasteiger partial charge on any atom is -0.325 e. The van der Waals surface area contributed by atoms with Crippen molar-refractivity contribution in [3.05, 3.63) is 69.5 Å². The Labute approximate surface area is 188 Å². The van der Waals surface area contributed by atoms with E-state index in [4.69, 9.17) is 0 Å². The molecular formula is C21H22N6O4S. The monoisotopic (exact) mass is 454 g/mol. The first-order valence-corrected chi connectivity index (χ1v) is 10.6. The van der Waals surface area contributed by atoms with E-state index < -0.39 is 4.92 Å². The molecule has 166 valence electrons. The number of aryl methyl sites for hydroxylation is 2. The Morgan fingerprint density at radius 3 is 2.44 bits per heavy atom. The minimum absolute atomic E-state index is 0.0480. The predicted octanol–water partition coefficient (Wildman–Crippen LogP) is 3.25. The van der Waals surface area contributed by atoms with Gasteiger partial charge in [-0.15, -0.1) is 10.2 Å². The van der Waals surface area contributed by atoms with Crippen molar-refractivity contribution in [3.63, 3.8) is 0 Å². The molecule has 10 nitrogen and oxygen atoms in total. The van der Waals surface area contributed by atoms with Crippen LogP contribution in [0, 0.1) is 24.0 Å². The number of hydrogen-bond acceptors (Lipinski definition) is 7. The summed E-state index contributed by atoms with van der Waals surface area (Å²) in [7, 11) is 1.73. The van der Waals surface area contributed by atoms with Gasteiger partial charge in [-0.2, -0.15) is 0 Å². The van der Waals surface area contributed by atoms with Crippen LogP contribution in [0.2, 0.25) is 0 Å². The number of anilines is 2. The third-order valence-corrected chi connectivity index (χ3v) is 5.61. The van der Waals surface area contributed by atoms with E-state index >= 15 is 0 Å². The van der Waals surface area contributed by atoms with E-state index in [1.165, 1.54) is 36.0 Å². The molecule has 11 heteroatoms. The van der Waals surface area contributed by atoms with Crippen LogP contribution in [0.4, 0.5) is 17.1 Å². The van der Waals surface area contributed by atoms with Crippen molar-refractivity contribution in [1.82, 2.24) is 14.8 Å². The highest BCUT2D eigenvalue weighted by atomic mass is 32.2. The molecular weight excluding hydrogens is 432 g/mol. The summed E-state index contributed by atoms with van der Waals surface area (Å²) in [5.41, 5.74) is 3.26. The zero-order chi connectivity index (χ0) is 23.3. The molecule has 2 aromatic carbocycles. The number of nitro benzene ring substituents is 1. The van der Waals surface area contributed by atoms with Crippen molar-refractivity contribution in [1.29, 1.82) is 0 Å². The number of carbonyl (C=O) groups is 2. The first-order chi connectivity index (χ1) is 15.2. The summed E-state index contributed by atoms with van der Waals surface area (Å²) in [6.07, 6.45) is 0.0480. The number of benzene rings is 2. The van der Waals surface area contributed by atoms with E-state index in [2.05, 4.69) is 20.8 Å². The van der Waals surface area contributed by atoms with E-state index in [0.29, 0.717) is 16.7 Å². The maximum absolute atomic E-state index is 12.4. The summed E-state index contributed by atoms with van der Waals surface area (Å²) in [5, 5.41) is 24.8. The summed E-state index contributed by atoms with van der Waals surface area (Å²) in [4.78, 5) is 34.8. The maximum Gasteiger partial charge on any atom is 0.269 e. The Bertz CT molecular complexity index is 1160. The van der Waals surface area contributed by atoms with Crippen molar-refractivity contribution in [2.24, 2.45) is 7.05 Å².